The first kappa shape index (κ1) is 18.2. The van der Waals surface area contributed by atoms with Crippen LogP contribution in [0.25, 0.3) is 0 Å². The van der Waals surface area contributed by atoms with Crippen LogP contribution in [0.15, 0.2) is 24.3 Å². The molecular weight excluding hydrogens is 318 g/mol. The van der Waals surface area contributed by atoms with Crippen LogP contribution in [0.2, 0.25) is 5.02 Å². The fourth-order valence-electron chi connectivity index (χ4n) is 4.62. The highest BCUT2D eigenvalue weighted by molar-refractivity contribution is 6.30. The summed E-state index contributed by atoms with van der Waals surface area (Å²) in [6.45, 7) is 6.44. The summed E-state index contributed by atoms with van der Waals surface area (Å²) >= 11 is 6.04. The summed E-state index contributed by atoms with van der Waals surface area (Å²) in [5.41, 5.74) is 1.96. The van der Waals surface area contributed by atoms with Crippen LogP contribution in [0.3, 0.4) is 0 Å². The van der Waals surface area contributed by atoms with Gasteiger partial charge in [-0.25, -0.2) is 0 Å². The Labute approximate surface area is 152 Å². The molecule has 0 unspecified atom stereocenters. The van der Waals surface area contributed by atoms with Gasteiger partial charge in [0.2, 0.25) is 0 Å². The summed E-state index contributed by atoms with van der Waals surface area (Å²) in [5.74, 6) is 0. The molecule has 2 fully saturated rings. The van der Waals surface area contributed by atoms with Crippen molar-refractivity contribution < 1.29 is 4.74 Å². The Balaban J connectivity index is 1.53. The van der Waals surface area contributed by atoms with E-state index in [9.17, 15) is 0 Å². The van der Waals surface area contributed by atoms with Crippen molar-refractivity contribution in [1.29, 1.82) is 0 Å². The van der Waals surface area contributed by atoms with Crippen LogP contribution in [0.4, 0.5) is 0 Å². The van der Waals surface area contributed by atoms with E-state index in [-0.39, 0.29) is 5.60 Å². The molecule has 3 rings (SSSR count). The largest absolute Gasteiger partial charge is 0.375 e. The van der Waals surface area contributed by atoms with E-state index in [1.807, 2.05) is 12.1 Å². The van der Waals surface area contributed by atoms with E-state index in [0.717, 1.165) is 31.0 Å². The maximum atomic E-state index is 6.04. The van der Waals surface area contributed by atoms with Crippen molar-refractivity contribution >= 4 is 11.6 Å². The molecule has 2 nitrogen and oxygen atoms in total. The van der Waals surface area contributed by atoms with Gasteiger partial charge in [-0.2, -0.15) is 0 Å². The zero-order valence-electron chi connectivity index (χ0n) is 15.2. The number of benzene rings is 1. The van der Waals surface area contributed by atoms with Gasteiger partial charge in [-0.1, -0.05) is 36.6 Å². The fraction of sp³-hybridized carbons (Fsp3) is 0.714. The number of hydrogen-bond donors (Lipinski definition) is 1. The van der Waals surface area contributed by atoms with Crippen LogP contribution in [-0.4, -0.2) is 24.8 Å². The van der Waals surface area contributed by atoms with Gasteiger partial charge in [-0.15, -0.1) is 0 Å². The van der Waals surface area contributed by atoms with Gasteiger partial charge in [-0.05, 0) is 82.0 Å². The lowest BCUT2D eigenvalue weighted by Gasteiger charge is -2.37. The van der Waals surface area contributed by atoms with Crippen molar-refractivity contribution in [2.45, 2.75) is 76.9 Å². The molecule has 0 spiro atoms. The summed E-state index contributed by atoms with van der Waals surface area (Å²) in [6.07, 6.45) is 10.3. The lowest BCUT2D eigenvalue weighted by Crippen LogP contribution is -2.44. The summed E-state index contributed by atoms with van der Waals surface area (Å²) in [4.78, 5) is 0. The molecule has 1 aliphatic heterocycles. The van der Waals surface area contributed by atoms with Gasteiger partial charge in [0.1, 0.15) is 0 Å². The Morgan fingerprint density at radius 2 is 1.88 bits per heavy atom. The van der Waals surface area contributed by atoms with E-state index in [0.29, 0.717) is 11.5 Å². The van der Waals surface area contributed by atoms with Crippen molar-refractivity contribution in [2.75, 3.05) is 13.2 Å². The first-order chi connectivity index (χ1) is 11.5. The lowest BCUT2D eigenvalue weighted by molar-refractivity contribution is -0.0630. The standard InChI is InChI=1S/C21H32ClNO/c1-20(2)16-19(9-14-24-20)23-13-12-21(10-3-4-11-21)15-17-5-7-18(22)8-6-17/h5-8,19,23H,3-4,9-16H2,1-2H3/t19-/m1/s1. The molecule has 24 heavy (non-hydrogen) atoms. The molecule has 3 heteroatoms. The predicted molar refractivity (Wildman–Crippen MR) is 102 cm³/mol. The molecule has 1 heterocycles. The minimum Gasteiger partial charge on any atom is -0.375 e. The summed E-state index contributed by atoms with van der Waals surface area (Å²) in [7, 11) is 0. The van der Waals surface area contributed by atoms with Crippen molar-refractivity contribution in [3.05, 3.63) is 34.9 Å². The van der Waals surface area contributed by atoms with Gasteiger partial charge < -0.3 is 10.1 Å². The van der Waals surface area contributed by atoms with Gasteiger partial charge in [0.25, 0.3) is 0 Å². The number of rotatable bonds is 6. The molecule has 1 aromatic carbocycles. The fourth-order valence-corrected chi connectivity index (χ4v) is 4.75. The number of hydrogen-bond acceptors (Lipinski definition) is 2. The highest BCUT2D eigenvalue weighted by Crippen LogP contribution is 2.43. The number of ether oxygens (including phenoxy) is 1. The molecule has 1 saturated carbocycles. The van der Waals surface area contributed by atoms with Gasteiger partial charge >= 0.3 is 0 Å². The molecule has 1 aromatic rings. The smallest absolute Gasteiger partial charge is 0.0641 e. The first-order valence-corrected chi connectivity index (χ1v) is 9.96. The number of halogens is 1. The molecule has 1 saturated heterocycles. The molecule has 0 radical (unpaired) electrons. The van der Waals surface area contributed by atoms with Gasteiger partial charge in [0, 0.05) is 17.7 Å². The Bertz CT molecular complexity index is 519. The zero-order chi connectivity index (χ0) is 17.0. The van der Waals surface area contributed by atoms with Crippen LogP contribution in [0.5, 0.6) is 0 Å². The molecule has 1 atom stereocenters. The van der Waals surface area contributed by atoms with E-state index in [1.54, 1.807) is 0 Å². The average Bonchev–Trinajstić information content (AvgIpc) is 2.97. The zero-order valence-corrected chi connectivity index (χ0v) is 16.0. The first-order valence-electron chi connectivity index (χ1n) is 9.58. The van der Waals surface area contributed by atoms with E-state index < -0.39 is 0 Å². The quantitative estimate of drug-likeness (QED) is 0.744. The Morgan fingerprint density at radius 1 is 1.17 bits per heavy atom. The van der Waals surface area contributed by atoms with E-state index in [4.69, 9.17) is 16.3 Å². The molecule has 1 N–H and O–H groups in total. The van der Waals surface area contributed by atoms with Crippen LogP contribution < -0.4 is 5.32 Å². The van der Waals surface area contributed by atoms with Gasteiger partial charge in [0.05, 0.1) is 5.60 Å². The van der Waals surface area contributed by atoms with E-state index in [1.165, 1.54) is 44.1 Å². The highest BCUT2D eigenvalue weighted by atomic mass is 35.5. The molecule has 134 valence electrons. The molecule has 0 amide bonds. The van der Waals surface area contributed by atoms with Crippen LogP contribution in [0.1, 0.15) is 64.4 Å². The lowest BCUT2D eigenvalue weighted by atomic mass is 9.77. The molecule has 0 bridgehead atoms. The normalized spacial score (nSPS) is 25.7. The van der Waals surface area contributed by atoms with Crippen molar-refractivity contribution in [3.8, 4) is 0 Å². The monoisotopic (exact) mass is 349 g/mol. The van der Waals surface area contributed by atoms with Crippen LogP contribution in [-0.2, 0) is 11.2 Å². The van der Waals surface area contributed by atoms with Gasteiger partial charge in [-0.3, -0.25) is 0 Å². The summed E-state index contributed by atoms with van der Waals surface area (Å²) in [6, 6.07) is 9.08. The minimum atomic E-state index is 0.0320. The molecular formula is C21H32ClNO. The number of nitrogens with one attached hydrogen (secondary N) is 1. The maximum absolute atomic E-state index is 6.04. The summed E-state index contributed by atoms with van der Waals surface area (Å²) < 4.78 is 5.83. The van der Waals surface area contributed by atoms with Crippen molar-refractivity contribution in [3.63, 3.8) is 0 Å². The van der Waals surface area contributed by atoms with Crippen LogP contribution >= 0.6 is 11.6 Å². The second kappa shape index (κ2) is 7.76. The topological polar surface area (TPSA) is 21.3 Å². The molecule has 1 aliphatic carbocycles. The van der Waals surface area contributed by atoms with Gasteiger partial charge in [0.15, 0.2) is 0 Å². The maximum Gasteiger partial charge on any atom is 0.0641 e. The molecule has 0 aromatic heterocycles. The third kappa shape index (κ3) is 4.97. The predicted octanol–water partition coefficient (Wildman–Crippen LogP) is 5.38. The Kier molecular flexibility index (Phi) is 5.89. The van der Waals surface area contributed by atoms with E-state index >= 15 is 0 Å². The van der Waals surface area contributed by atoms with Crippen LogP contribution in [0, 0.1) is 5.41 Å². The summed E-state index contributed by atoms with van der Waals surface area (Å²) in [5, 5.41) is 4.66. The average molecular weight is 350 g/mol. The van der Waals surface area contributed by atoms with E-state index in [2.05, 4.69) is 31.3 Å². The molecule has 2 aliphatic rings. The Morgan fingerprint density at radius 3 is 2.54 bits per heavy atom. The SMILES string of the molecule is CC1(C)C[C@H](NCCC2(Cc3ccc(Cl)cc3)CCCC2)CCO1. The second-order valence-electron chi connectivity index (χ2n) is 8.51. The van der Waals surface area contributed by atoms with Crippen molar-refractivity contribution in [2.24, 2.45) is 5.41 Å². The third-order valence-electron chi connectivity index (χ3n) is 5.94. The Hall–Kier alpha value is -0.570. The third-order valence-corrected chi connectivity index (χ3v) is 6.19. The minimum absolute atomic E-state index is 0.0320. The highest BCUT2D eigenvalue weighted by Gasteiger charge is 2.34. The van der Waals surface area contributed by atoms with Crippen molar-refractivity contribution in [1.82, 2.24) is 5.32 Å². The second-order valence-corrected chi connectivity index (χ2v) is 8.95.